The molecule has 4 aromatic heterocycles. The molecule has 19 heteroatoms. The summed E-state index contributed by atoms with van der Waals surface area (Å²) in [7, 11) is 0. The summed E-state index contributed by atoms with van der Waals surface area (Å²) in [4.78, 5) is 77.8. The fraction of sp³-hybridized carbons (Fsp3) is 0.207. The third-order valence-corrected chi connectivity index (χ3v) is 10.8. The first-order valence-electron chi connectivity index (χ1n) is 24.1. The zero-order chi connectivity index (χ0) is 56.1. The van der Waals surface area contributed by atoms with E-state index < -0.39 is 23.0 Å². The molecule has 0 bridgehead atoms. The van der Waals surface area contributed by atoms with Crippen molar-refractivity contribution in [3.63, 3.8) is 0 Å². The van der Waals surface area contributed by atoms with Crippen LogP contribution in [0.1, 0.15) is 106 Å². The lowest BCUT2D eigenvalue weighted by atomic mass is 10.0. The number of aromatic nitrogens is 4. The number of rotatable bonds is 18. The number of Topliss-reactive ketones (excluding diaryl/α,β-unsaturated/α-hetero) is 1. The standard InChI is InChI=1S/C15H14FNO3.C15H16FNO2.C13H12FNO2.C8H6ClFO.C7H9NO2/c1-2-20-15(19)13-7-11(9-17-13)14(18)8-10-5-3-4-6-12(10)16;1-2-19-15(18)14-9-11(10-17-14)7-8-12-5-3-4-6-13(12)16;14-11-4-2-1-3-10(11)6-5-9-7-12(13(16)17)15-8-9;9-8(11)5-6-3-1-2-4-7(6)10;1-2-10-7(9)6-4-3-5-8-6/h3-7,9,17H,2,8H2,1H3;3-6,9-10,17H,2,7-8H2,1H3;1-4,7-8,15H,5-6H2,(H,16,17);1-4H,5H2;3-5,8H,2H2,1H3. The van der Waals surface area contributed by atoms with E-state index in [-0.39, 0.29) is 66.0 Å². The van der Waals surface area contributed by atoms with Gasteiger partial charge in [-0.3, -0.25) is 9.59 Å². The number of benzene rings is 4. The van der Waals surface area contributed by atoms with Gasteiger partial charge in [-0.1, -0.05) is 72.8 Å². The molecule has 14 nitrogen and oxygen atoms in total. The number of hydrogen-bond acceptors (Lipinski definition) is 9. The lowest BCUT2D eigenvalue weighted by molar-refractivity contribution is -0.111. The molecule has 404 valence electrons. The monoisotopic (exact) mass is 1080 g/mol. The molecule has 0 aliphatic rings. The van der Waals surface area contributed by atoms with Crippen LogP contribution in [0.3, 0.4) is 0 Å². The molecule has 0 saturated heterocycles. The molecule has 8 rings (SSSR count). The number of aromatic carboxylic acids is 1. The van der Waals surface area contributed by atoms with Crippen LogP contribution >= 0.6 is 11.6 Å². The van der Waals surface area contributed by atoms with Crippen molar-refractivity contribution in [3.05, 3.63) is 237 Å². The lowest BCUT2D eigenvalue weighted by Crippen LogP contribution is -2.05. The molecular weight excluding hydrogens is 1020 g/mol. The Bertz CT molecular complexity index is 3150. The number of carboxylic acid groups (broad SMARTS) is 1. The van der Waals surface area contributed by atoms with E-state index in [0.29, 0.717) is 78.1 Å². The van der Waals surface area contributed by atoms with Crippen molar-refractivity contribution in [2.75, 3.05) is 19.8 Å². The van der Waals surface area contributed by atoms with Crippen molar-refractivity contribution in [1.82, 2.24) is 19.9 Å². The fourth-order valence-corrected chi connectivity index (χ4v) is 6.98. The number of carbonyl (C=O) groups excluding carboxylic acids is 5. The molecule has 4 aromatic carbocycles. The van der Waals surface area contributed by atoms with Crippen LogP contribution < -0.4 is 0 Å². The van der Waals surface area contributed by atoms with E-state index in [9.17, 15) is 46.3 Å². The topological polar surface area (TPSA) is 213 Å². The average Bonchev–Trinajstić information content (AvgIpc) is 4.28. The van der Waals surface area contributed by atoms with Gasteiger partial charge in [0.25, 0.3) is 0 Å². The number of halogens is 5. The first-order chi connectivity index (χ1) is 37.0. The summed E-state index contributed by atoms with van der Waals surface area (Å²) in [5.41, 5.74) is 5.47. The predicted molar refractivity (Wildman–Crippen MR) is 281 cm³/mol. The van der Waals surface area contributed by atoms with Gasteiger partial charge in [-0.2, -0.15) is 0 Å². The minimum atomic E-state index is -0.984. The molecule has 77 heavy (non-hydrogen) atoms. The fourth-order valence-electron chi connectivity index (χ4n) is 6.83. The Hall–Kier alpha value is -8.77. The number of carbonyl (C=O) groups is 6. The number of aromatic amines is 4. The molecule has 5 N–H and O–H groups in total. The molecule has 0 radical (unpaired) electrons. The lowest BCUT2D eigenvalue weighted by Gasteiger charge is -2.01. The predicted octanol–water partition coefficient (Wildman–Crippen LogP) is 11.8. The van der Waals surface area contributed by atoms with Crippen LogP contribution in [-0.2, 0) is 57.5 Å². The quantitative estimate of drug-likeness (QED) is 0.0180. The second-order valence-electron chi connectivity index (χ2n) is 16.2. The highest BCUT2D eigenvalue weighted by Crippen LogP contribution is 2.16. The summed E-state index contributed by atoms with van der Waals surface area (Å²) in [6.45, 7) is 6.27. The van der Waals surface area contributed by atoms with Crippen molar-refractivity contribution < 1.29 is 65.6 Å². The summed E-state index contributed by atoms with van der Waals surface area (Å²) < 4.78 is 67.4. The molecule has 8 aromatic rings. The number of carboxylic acids is 1. The van der Waals surface area contributed by atoms with Gasteiger partial charge in [0.2, 0.25) is 5.24 Å². The van der Waals surface area contributed by atoms with Crippen LogP contribution in [0.2, 0.25) is 0 Å². The van der Waals surface area contributed by atoms with E-state index in [0.717, 1.165) is 11.1 Å². The number of H-pyrrole nitrogens is 4. The number of ether oxygens (including phenoxy) is 3. The third kappa shape index (κ3) is 21.2. The normalized spacial score (nSPS) is 10.1. The van der Waals surface area contributed by atoms with Crippen LogP contribution in [0.25, 0.3) is 0 Å². The molecule has 0 unspecified atom stereocenters. The van der Waals surface area contributed by atoms with Gasteiger partial charge in [-0.05, 0) is 146 Å². The van der Waals surface area contributed by atoms with Crippen molar-refractivity contribution >= 4 is 46.5 Å². The van der Waals surface area contributed by atoms with E-state index in [4.69, 9.17) is 30.9 Å². The van der Waals surface area contributed by atoms with Crippen molar-refractivity contribution in [2.24, 2.45) is 0 Å². The van der Waals surface area contributed by atoms with Gasteiger partial charge in [-0.25, -0.2) is 36.7 Å². The number of esters is 3. The van der Waals surface area contributed by atoms with Crippen LogP contribution in [0.4, 0.5) is 17.6 Å². The van der Waals surface area contributed by atoms with E-state index >= 15 is 0 Å². The van der Waals surface area contributed by atoms with Gasteiger partial charge in [0.15, 0.2) is 5.78 Å². The first-order valence-corrected chi connectivity index (χ1v) is 24.5. The SMILES string of the molecule is CCOC(=O)c1cc(C(=O)Cc2ccccc2F)c[nH]1.CCOC(=O)c1cc(CCc2ccccc2F)c[nH]1.CCOC(=O)c1ccc[nH]1.O=C(Cl)Cc1ccccc1F.O=C(O)c1cc(CCc2ccccc2F)c[nH]1. The summed E-state index contributed by atoms with van der Waals surface area (Å²) >= 11 is 5.08. The van der Waals surface area contributed by atoms with Crippen LogP contribution in [0, 0.1) is 23.3 Å². The highest BCUT2D eigenvalue weighted by Gasteiger charge is 2.16. The number of aryl methyl sites for hydroxylation is 4. The minimum Gasteiger partial charge on any atom is -0.477 e. The molecule has 0 atom stereocenters. The minimum absolute atomic E-state index is 0.0474. The maximum absolute atomic E-state index is 13.5. The van der Waals surface area contributed by atoms with E-state index in [1.54, 1.807) is 124 Å². The van der Waals surface area contributed by atoms with Crippen molar-refractivity contribution in [2.45, 2.75) is 59.3 Å². The maximum Gasteiger partial charge on any atom is 0.354 e. The zero-order valence-electron chi connectivity index (χ0n) is 42.3. The van der Waals surface area contributed by atoms with Crippen molar-refractivity contribution in [3.8, 4) is 0 Å². The van der Waals surface area contributed by atoms with Crippen LogP contribution in [0.15, 0.2) is 152 Å². The van der Waals surface area contributed by atoms with Gasteiger partial charge in [-0.15, -0.1) is 0 Å². The second-order valence-corrected chi connectivity index (χ2v) is 16.6. The van der Waals surface area contributed by atoms with Gasteiger partial charge < -0.3 is 39.3 Å². The molecule has 0 fully saturated rings. The molecular formula is C58H57ClF4N4O10. The number of hydrogen-bond donors (Lipinski definition) is 5. The first kappa shape index (κ1) is 60.8. The number of nitrogens with one attached hydrogen (secondary N) is 4. The Morgan fingerprint density at radius 3 is 1.25 bits per heavy atom. The van der Waals surface area contributed by atoms with Gasteiger partial charge >= 0.3 is 23.9 Å². The molecule has 0 spiro atoms. The molecule has 0 aliphatic carbocycles. The Balaban J connectivity index is 0.000000213. The van der Waals surface area contributed by atoms with Crippen molar-refractivity contribution in [1.29, 1.82) is 0 Å². The second kappa shape index (κ2) is 32.5. The highest BCUT2D eigenvalue weighted by atomic mass is 35.5. The summed E-state index contributed by atoms with van der Waals surface area (Å²) in [5, 5.41) is 8.19. The van der Waals surface area contributed by atoms with Crippen LogP contribution in [0.5, 0.6) is 0 Å². The van der Waals surface area contributed by atoms with E-state index in [1.807, 2.05) is 6.07 Å². The smallest absolute Gasteiger partial charge is 0.354 e. The molecule has 0 aliphatic heterocycles. The summed E-state index contributed by atoms with van der Waals surface area (Å²) in [5.74, 6) is -3.64. The molecule has 0 amide bonds. The summed E-state index contributed by atoms with van der Waals surface area (Å²) in [6.07, 6.45) is 8.87. The largest absolute Gasteiger partial charge is 0.477 e. The molecule has 4 heterocycles. The molecule has 0 saturated carbocycles. The van der Waals surface area contributed by atoms with Gasteiger partial charge in [0, 0.05) is 43.2 Å². The Labute approximate surface area is 446 Å². The third-order valence-electron chi connectivity index (χ3n) is 10.7. The van der Waals surface area contributed by atoms with Gasteiger partial charge in [0.05, 0.1) is 19.8 Å². The van der Waals surface area contributed by atoms with E-state index in [2.05, 4.69) is 19.9 Å². The Morgan fingerprint density at radius 1 is 0.455 bits per heavy atom. The van der Waals surface area contributed by atoms with E-state index in [1.165, 1.54) is 42.6 Å². The number of ketones is 1. The maximum atomic E-state index is 13.5. The average molecular weight is 1080 g/mol. The van der Waals surface area contributed by atoms with Crippen LogP contribution in [-0.4, -0.2) is 79.8 Å². The summed E-state index contributed by atoms with van der Waals surface area (Å²) in [6, 6.07) is 33.7. The zero-order valence-corrected chi connectivity index (χ0v) is 43.1. The Morgan fingerprint density at radius 2 is 0.844 bits per heavy atom. The Kier molecular flexibility index (Phi) is 25.7. The highest BCUT2D eigenvalue weighted by molar-refractivity contribution is 6.63. The van der Waals surface area contributed by atoms with Gasteiger partial charge in [0.1, 0.15) is 46.0 Å².